The predicted molar refractivity (Wildman–Crippen MR) is 80.4 cm³/mol. The fourth-order valence-corrected chi connectivity index (χ4v) is 2.37. The maximum absolute atomic E-state index is 11.4. The van der Waals surface area contributed by atoms with Gasteiger partial charge in [-0.05, 0) is 10.6 Å². The van der Waals surface area contributed by atoms with Crippen molar-refractivity contribution < 1.29 is 28.5 Å². The number of hydrogen-bond donors (Lipinski definition) is 1. The van der Waals surface area contributed by atoms with Gasteiger partial charge in [-0.1, -0.05) is 58.3 Å². The van der Waals surface area contributed by atoms with E-state index in [9.17, 15) is 13.6 Å². The lowest BCUT2D eigenvalue weighted by atomic mass is 10.1. The highest BCUT2D eigenvalue weighted by Crippen LogP contribution is 2.10. The molecule has 0 amide bonds. The Hall–Kier alpha value is -0.500. The molecule has 3 N–H and O–H groups in total. The SMILES string of the molecule is CCCCCCCCCCCC(=O)OCC[S+]([O])(=O)O[NH3+]. The van der Waals surface area contributed by atoms with Crippen LogP contribution in [0.2, 0.25) is 0 Å². The molecule has 0 saturated carbocycles. The summed E-state index contributed by atoms with van der Waals surface area (Å²) in [5.74, 6) is 2.13. The first kappa shape index (κ1) is 20.5. The van der Waals surface area contributed by atoms with E-state index >= 15 is 0 Å². The average molecular weight is 324 g/mol. The molecule has 0 aromatic rings. The summed E-state index contributed by atoms with van der Waals surface area (Å²) in [6.07, 6.45) is 11.0. The minimum atomic E-state index is -3.65. The van der Waals surface area contributed by atoms with Crippen LogP contribution in [0.1, 0.15) is 71.1 Å². The summed E-state index contributed by atoms with van der Waals surface area (Å²) in [5, 5.41) is 0. The van der Waals surface area contributed by atoms with Gasteiger partial charge in [0.25, 0.3) is 0 Å². The summed E-state index contributed by atoms with van der Waals surface area (Å²) in [7, 11) is -3.65. The molecule has 0 aromatic heterocycles. The summed E-state index contributed by atoms with van der Waals surface area (Å²) < 4.78 is 30.7. The van der Waals surface area contributed by atoms with Gasteiger partial charge in [0.15, 0.2) is 0 Å². The van der Waals surface area contributed by atoms with Crippen molar-refractivity contribution in [2.24, 2.45) is 0 Å². The van der Waals surface area contributed by atoms with E-state index in [0.717, 1.165) is 19.3 Å². The third kappa shape index (κ3) is 14.2. The minimum Gasteiger partial charge on any atom is -0.460 e. The second kappa shape index (κ2) is 13.2. The van der Waals surface area contributed by atoms with Gasteiger partial charge in [0.1, 0.15) is 6.61 Å². The quantitative estimate of drug-likeness (QED) is 0.229. The van der Waals surface area contributed by atoms with Gasteiger partial charge >= 0.3 is 16.5 Å². The smallest absolute Gasteiger partial charge is 0.452 e. The molecule has 0 aliphatic carbocycles. The highest BCUT2D eigenvalue weighted by molar-refractivity contribution is 7.92. The van der Waals surface area contributed by atoms with Gasteiger partial charge in [-0.15, -0.1) is 0 Å². The standard InChI is InChI=1S/C14H30NO5S/c1-2-3-4-5-6-7-8-9-10-11-14(16)19-12-13-21(17,18)20-15/h2-13H2,1,15H3/q+2. The molecule has 0 heterocycles. The van der Waals surface area contributed by atoms with E-state index in [1.165, 1.54) is 38.5 Å². The first-order valence-electron chi connectivity index (χ1n) is 7.83. The maximum Gasteiger partial charge on any atom is 0.452 e. The molecule has 6 nitrogen and oxygen atoms in total. The van der Waals surface area contributed by atoms with Crippen LogP contribution < -0.4 is 5.90 Å². The zero-order chi connectivity index (χ0) is 16.0. The van der Waals surface area contributed by atoms with Crippen molar-refractivity contribution in [2.75, 3.05) is 12.4 Å². The third-order valence-corrected chi connectivity index (χ3v) is 4.29. The van der Waals surface area contributed by atoms with Crippen molar-refractivity contribution in [1.29, 1.82) is 0 Å². The number of esters is 1. The van der Waals surface area contributed by atoms with Gasteiger partial charge in [0.2, 0.25) is 5.75 Å². The van der Waals surface area contributed by atoms with Crippen molar-refractivity contribution in [3.05, 3.63) is 0 Å². The van der Waals surface area contributed by atoms with E-state index in [4.69, 9.17) is 4.74 Å². The molecule has 0 fully saturated rings. The number of ether oxygens (including phenoxy) is 1. The number of carbonyl (C=O) groups is 1. The van der Waals surface area contributed by atoms with E-state index in [0.29, 0.717) is 6.42 Å². The Morgan fingerprint density at radius 3 is 2.05 bits per heavy atom. The van der Waals surface area contributed by atoms with Gasteiger partial charge in [0.05, 0.1) is 4.55 Å². The lowest BCUT2D eigenvalue weighted by molar-refractivity contribution is -0.637. The largest absolute Gasteiger partial charge is 0.460 e. The molecule has 0 aliphatic heterocycles. The first-order chi connectivity index (χ1) is 10.0. The molecule has 0 saturated heterocycles. The Morgan fingerprint density at radius 1 is 1.00 bits per heavy atom. The molecule has 1 radical (unpaired) electrons. The normalized spacial score (nSPS) is 13.9. The van der Waals surface area contributed by atoms with Crippen LogP contribution >= 0.6 is 0 Å². The van der Waals surface area contributed by atoms with E-state index in [1.807, 2.05) is 0 Å². The first-order valence-corrected chi connectivity index (χ1v) is 9.41. The van der Waals surface area contributed by atoms with Crippen molar-refractivity contribution >= 4 is 16.5 Å². The Bertz CT molecular complexity index is 312. The molecule has 0 spiro atoms. The van der Waals surface area contributed by atoms with Crippen LogP contribution in [0, 0.1) is 0 Å². The lowest BCUT2D eigenvalue weighted by Gasteiger charge is -2.03. The fraction of sp³-hybridized carbons (Fsp3) is 0.929. The second-order valence-electron chi connectivity index (χ2n) is 5.18. The zero-order valence-electron chi connectivity index (χ0n) is 13.1. The highest BCUT2D eigenvalue weighted by Gasteiger charge is 2.32. The van der Waals surface area contributed by atoms with Gasteiger partial charge in [-0.2, -0.15) is 5.90 Å². The zero-order valence-corrected chi connectivity index (χ0v) is 14.0. The summed E-state index contributed by atoms with van der Waals surface area (Å²) in [4.78, 5) is 11.4. The van der Waals surface area contributed by atoms with E-state index in [1.54, 1.807) is 0 Å². The number of hydrogen-bond acceptors (Lipinski definition) is 4. The van der Waals surface area contributed by atoms with E-state index in [2.05, 4.69) is 17.1 Å². The van der Waals surface area contributed by atoms with Crippen LogP contribution in [0.4, 0.5) is 0 Å². The van der Waals surface area contributed by atoms with Crippen LogP contribution in [-0.2, 0) is 33.1 Å². The van der Waals surface area contributed by atoms with Crippen LogP contribution in [0.5, 0.6) is 0 Å². The summed E-state index contributed by atoms with van der Waals surface area (Å²) in [6.45, 7) is 2.04. The maximum atomic E-state index is 11.4. The monoisotopic (exact) mass is 324 g/mol. The number of quaternary nitrogens is 1. The van der Waals surface area contributed by atoms with Crippen molar-refractivity contribution in [2.45, 2.75) is 71.1 Å². The number of carbonyl (C=O) groups excluding carboxylic acids is 1. The molecule has 0 rings (SSSR count). The molecule has 1 atom stereocenters. The summed E-state index contributed by atoms with van der Waals surface area (Å²) in [6, 6.07) is 0. The third-order valence-electron chi connectivity index (χ3n) is 3.26. The summed E-state index contributed by atoms with van der Waals surface area (Å²) in [5.41, 5.74) is 0. The van der Waals surface area contributed by atoms with E-state index < -0.39 is 10.5 Å². The van der Waals surface area contributed by atoms with E-state index in [-0.39, 0.29) is 18.3 Å². The minimum absolute atomic E-state index is 0.173. The van der Waals surface area contributed by atoms with Gasteiger partial charge < -0.3 is 4.74 Å². The number of unbranched alkanes of at least 4 members (excludes halogenated alkanes) is 8. The topological polar surface area (TPSA) is 100 Å². The Morgan fingerprint density at radius 2 is 1.52 bits per heavy atom. The Kier molecular flexibility index (Phi) is 12.9. The van der Waals surface area contributed by atoms with Gasteiger partial charge in [-0.3, -0.25) is 4.79 Å². The van der Waals surface area contributed by atoms with Gasteiger partial charge in [-0.25, -0.2) is 0 Å². The fourth-order valence-electron chi connectivity index (χ4n) is 1.97. The highest BCUT2D eigenvalue weighted by atomic mass is 32.3. The second-order valence-corrected chi connectivity index (χ2v) is 6.94. The molecule has 1 unspecified atom stereocenters. The molecule has 0 aromatic carbocycles. The van der Waals surface area contributed by atoms with Crippen LogP contribution in [0.15, 0.2) is 0 Å². The lowest BCUT2D eigenvalue weighted by Crippen LogP contribution is -2.53. The number of rotatable bonds is 14. The van der Waals surface area contributed by atoms with Gasteiger partial charge in [0, 0.05) is 10.7 Å². The average Bonchev–Trinajstić information content (AvgIpc) is 2.45. The van der Waals surface area contributed by atoms with Crippen molar-refractivity contribution in [3.63, 3.8) is 0 Å². The van der Waals surface area contributed by atoms with Crippen molar-refractivity contribution in [1.82, 2.24) is 0 Å². The van der Waals surface area contributed by atoms with Crippen LogP contribution in [-0.4, -0.2) is 18.3 Å². The Balaban J connectivity index is 3.32. The predicted octanol–water partition coefficient (Wildman–Crippen LogP) is 2.38. The molecule has 0 bridgehead atoms. The molecular weight excluding hydrogens is 294 g/mol. The molecule has 21 heavy (non-hydrogen) atoms. The Labute approximate surface area is 129 Å². The molecule has 0 aliphatic rings. The van der Waals surface area contributed by atoms with Crippen LogP contribution in [0.3, 0.4) is 0 Å². The molecular formula is C14H30NO5S+2. The molecule has 125 valence electrons. The van der Waals surface area contributed by atoms with Crippen LogP contribution in [0.25, 0.3) is 0 Å². The summed E-state index contributed by atoms with van der Waals surface area (Å²) >= 11 is 0. The van der Waals surface area contributed by atoms with Crippen molar-refractivity contribution in [3.8, 4) is 0 Å². The molecule has 7 heteroatoms.